The van der Waals surface area contributed by atoms with Crippen molar-refractivity contribution in [3.8, 4) is 11.5 Å². The van der Waals surface area contributed by atoms with Crippen LogP contribution in [0.4, 0.5) is 0 Å². The lowest BCUT2D eigenvalue weighted by molar-refractivity contribution is -0.105. The van der Waals surface area contributed by atoms with Gasteiger partial charge in [0.05, 0.1) is 5.69 Å². The van der Waals surface area contributed by atoms with E-state index in [-0.39, 0.29) is 0 Å². The van der Waals surface area contributed by atoms with Gasteiger partial charge in [0.2, 0.25) is 5.89 Å². The van der Waals surface area contributed by atoms with Crippen molar-refractivity contribution in [1.29, 1.82) is 0 Å². The molecule has 4 heteroatoms. The van der Waals surface area contributed by atoms with E-state index < -0.39 is 0 Å². The maximum absolute atomic E-state index is 10.3. The zero-order valence-corrected chi connectivity index (χ0v) is 12.0. The van der Waals surface area contributed by atoms with Crippen LogP contribution >= 0.6 is 11.8 Å². The van der Waals surface area contributed by atoms with Crippen LogP contribution in [-0.2, 0) is 17.0 Å². The number of carbonyl (C=O) groups excluding carboxylic acids is 1. The highest BCUT2D eigenvalue weighted by atomic mass is 32.2. The first-order valence-corrected chi connectivity index (χ1v) is 7.47. The number of thioether (sulfide) groups is 1. The molecule has 0 N–H and O–H groups in total. The number of benzene rings is 1. The lowest BCUT2D eigenvalue weighted by Gasteiger charge is -1.98. The largest absolute Gasteiger partial charge is 0.441 e. The van der Waals surface area contributed by atoms with Crippen molar-refractivity contribution >= 4 is 18.0 Å². The number of aldehydes is 1. The second-order valence-electron chi connectivity index (χ2n) is 4.25. The molecule has 0 bridgehead atoms. The molecule has 0 unspecified atom stereocenters. The third kappa shape index (κ3) is 3.47. The standard InChI is InChI=1S/C15H17NO2S/c1-3-12-4-6-13(7-5-12)15-16-14(11(2)18-15)10-19-9-8-17/h4-8H,3,9-10H2,1-2H3. The number of aromatic nitrogens is 1. The maximum Gasteiger partial charge on any atom is 0.226 e. The van der Waals surface area contributed by atoms with Gasteiger partial charge >= 0.3 is 0 Å². The molecule has 1 heterocycles. The monoisotopic (exact) mass is 275 g/mol. The summed E-state index contributed by atoms with van der Waals surface area (Å²) in [6, 6.07) is 8.25. The number of carbonyl (C=O) groups is 1. The van der Waals surface area contributed by atoms with Crippen LogP contribution in [0.25, 0.3) is 11.5 Å². The highest BCUT2D eigenvalue weighted by Crippen LogP contribution is 2.24. The molecule has 0 saturated heterocycles. The fourth-order valence-corrected chi connectivity index (χ4v) is 2.45. The summed E-state index contributed by atoms with van der Waals surface area (Å²) in [4.78, 5) is 14.8. The molecular formula is C15H17NO2S. The zero-order valence-electron chi connectivity index (χ0n) is 11.2. The molecule has 2 rings (SSSR count). The summed E-state index contributed by atoms with van der Waals surface area (Å²) in [5, 5.41) is 0. The molecule has 0 atom stereocenters. The molecule has 0 fully saturated rings. The summed E-state index contributed by atoms with van der Waals surface area (Å²) in [6.45, 7) is 4.04. The van der Waals surface area contributed by atoms with Crippen molar-refractivity contribution in [2.45, 2.75) is 26.0 Å². The quantitative estimate of drug-likeness (QED) is 0.596. The second kappa shape index (κ2) is 6.57. The SMILES string of the molecule is CCc1ccc(-c2nc(CSCC=O)c(C)o2)cc1. The van der Waals surface area contributed by atoms with Crippen LogP contribution in [0.1, 0.15) is 23.9 Å². The van der Waals surface area contributed by atoms with Gasteiger partial charge in [-0.2, -0.15) is 0 Å². The molecule has 0 spiro atoms. The van der Waals surface area contributed by atoms with Gasteiger partial charge in [-0.05, 0) is 31.0 Å². The summed E-state index contributed by atoms with van der Waals surface area (Å²) in [5.74, 6) is 2.68. The van der Waals surface area contributed by atoms with E-state index in [1.165, 1.54) is 5.56 Å². The van der Waals surface area contributed by atoms with Gasteiger partial charge in [0.25, 0.3) is 0 Å². The summed E-state index contributed by atoms with van der Waals surface area (Å²) in [5.41, 5.74) is 3.21. The molecule has 100 valence electrons. The first-order valence-electron chi connectivity index (χ1n) is 6.31. The average molecular weight is 275 g/mol. The van der Waals surface area contributed by atoms with E-state index in [1.807, 2.05) is 19.1 Å². The van der Waals surface area contributed by atoms with Gasteiger partial charge in [0.15, 0.2) is 0 Å². The third-order valence-electron chi connectivity index (χ3n) is 2.93. The Labute approximate surface area is 117 Å². The molecular weight excluding hydrogens is 258 g/mol. The van der Waals surface area contributed by atoms with Crippen LogP contribution in [0.2, 0.25) is 0 Å². The van der Waals surface area contributed by atoms with E-state index in [0.29, 0.717) is 17.4 Å². The zero-order chi connectivity index (χ0) is 13.7. The first kappa shape index (κ1) is 13.9. The average Bonchev–Trinajstić information content (AvgIpc) is 2.81. The van der Waals surface area contributed by atoms with Crippen molar-refractivity contribution in [2.24, 2.45) is 0 Å². The number of hydrogen-bond donors (Lipinski definition) is 0. The highest BCUT2D eigenvalue weighted by molar-refractivity contribution is 7.99. The summed E-state index contributed by atoms with van der Waals surface area (Å²) >= 11 is 1.54. The van der Waals surface area contributed by atoms with Crippen LogP contribution in [-0.4, -0.2) is 17.0 Å². The Morgan fingerprint density at radius 1 is 1.32 bits per heavy atom. The topological polar surface area (TPSA) is 43.1 Å². The van der Waals surface area contributed by atoms with Gasteiger partial charge in [-0.1, -0.05) is 19.1 Å². The molecule has 3 nitrogen and oxygen atoms in total. The minimum atomic E-state index is 0.493. The predicted molar refractivity (Wildman–Crippen MR) is 78.3 cm³/mol. The number of oxazole rings is 1. The number of hydrogen-bond acceptors (Lipinski definition) is 4. The van der Waals surface area contributed by atoms with E-state index in [9.17, 15) is 4.79 Å². The fraction of sp³-hybridized carbons (Fsp3) is 0.333. The molecule has 1 aromatic heterocycles. The second-order valence-corrected chi connectivity index (χ2v) is 5.28. The first-order chi connectivity index (χ1) is 9.24. The molecule has 2 aromatic rings. The highest BCUT2D eigenvalue weighted by Gasteiger charge is 2.11. The predicted octanol–water partition coefficient (Wildman–Crippen LogP) is 3.64. The summed E-state index contributed by atoms with van der Waals surface area (Å²) < 4.78 is 5.69. The van der Waals surface area contributed by atoms with Crippen LogP contribution in [0, 0.1) is 6.92 Å². The molecule has 1 aromatic carbocycles. The van der Waals surface area contributed by atoms with Crippen molar-refractivity contribution < 1.29 is 9.21 Å². The molecule has 0 saturated carbocycles. The van der Waals surface area contributed by atoms with Crippen LogP contribution in [0.3, 0.4) is 0 Å². The third-order valence-corrected chi connectivity index (χ3v) is 3.78. The van der Waals surface area contributed by atoms with Gasteiger partial charge < -0.3 is 9.21 Å². The van der Waals surface area contributed by atoms with E-state index in [2.05, 4.69) is 24.0 Å². The Morgan fingerprint density at radius 2 is 2.05 bits per heavy atom. The van der Waals surface area contributed by atoms with Crippen LogP contribution in [0.5, 0.6) is 0 Å². The van der Waals surface area contributed by atoms with E-state index in [1.54, 1.807) is 11.8 Å². The molecule has 0 aliphatic carbocycles. The van der Waals surface area contributed by atoms with Crippen LogP contribution in [0.15, 0.2) is 28.7 Å². The molecule has 0 amide bonds. The summed E-state index contributed by atoms with van der Waals surface area (Å²) in [7, 11) is 0. The van der Waals surface area contributed by atoms with Crippen molar-refractivity contribution in [3.05, 3.63) is 41.3 Å². The van der Waals surface area contributed by atoms with Gasteiger partial charge in [-0.25, -0.2) is 4.98 Å². The minimum absolute atomic E-state index is 0.493. The van der Waals surface area contributed by atoms with Crippen LogP contribution < -0.4 is 0 Å². The van der Waals surface area contributed by atoms with Gasteiger partial charge in [-0.15, -0.1) is 11.8 Å². The lowest BCUT2D eigenvalue weighted by atomic mass is 10.1. The molecule has 0 aliphatic rings. The minimum Gasteiger partial charge on any atom is -0.441 e. The maximum atomic E-state index is 10.3. The Morgan fingerprint density at radius 3 is 2.68 bits per heavy atom. The smallest absolute Gasteiger partial charge is 0.226 e. The summed E-state index contributed by atoms with van der Waals surface area (Å²) in [6.07, 6.45) is 1.93. The number of aryl methyl sites for hydroxylation is 2. The molecule has 0 radical (unpaired) electrons. The van der Waals surface area contributed by atoms with Crippen molar-refractivity contribution in [1.82, 2.24) is 4.98 Å². The Bertz CT molecular complexity index is 546. The fourth-order valence-electron chi connectivity index (χ4n) is 1.77. The Hall–Kier alpha value is -1.55. The van der Waals surface area contributed by atoms with Gasteiger partial charge in [0, 0.05) is 17.1 Å². The van der Waals surface area contributed by atoms with E-state index >= 15 is 0 Å². The van der Waals surface area contributed by atoms with Crippen molar-refractivity contribution in [3.63, 3.8) is 0 Å². The normalized spacial score (nSPS) is 10.6. The van der Waals surface area contributed by atoms with E-state index in [4.69, 9.17) is 4.42 Å². The Balaban J connectivity index is 2.15. The van der Waals surface area contributed by atoms with Gasteiger partial charge in [0.1, 0.15) is 12.0 Å². The molecule has 19 heavy (non-hydrogen) atoms. The number of rotatable bonds is 6. The van der Waals surface area contributed by atoms with E-state index in [0.717, 1.165) is 29.7 Å². The van der Waals surface area contributed by atoms with Gasteiger partial charge in [-0.3, -0.25) is 0 Å². The Kier molecular flexibility index (Phi) is 4.80. The van der Waals surface area contributed by atoms with Crippen molar-refractivity contribution in [2.75, 3.05) is 5.75 Å². The lowest BCUT2D eigenvalue weighted by Crippen LogP contribution is -1.87. The molecule has 0 aliphatic heterocycles. The number of nitrogens with zero attached hydrogens (tertiary/aromatic N) is 1.